The molecular formula is C25H25N5OS. The van der Waals surface area contributed by atoms with Crippen LogP contribution in [0.1, 0.15) is 45.8 Å². The molecule has 1 N–H and O–H groups in total. The number of nitrogens with one attached hydrogen (secondary N) is 1. The van der Waals surface area contributed by atoms with Gasteiger partial charge in [-0.2, -0.15) is 0 Å². The van der Waals surface area contributed by atoms with Crippen LogP contribution in [0.25, 0.3) is 5.69 Å². The summed E-state index contributed by atoms with van der Waals surface area (Å²) in [5.74, 6) is 0.536. The quantitative estimate of drug-likeness (QED) is 0.319. The number of aryl methyl sites for hydroxylation is 2. The molecule has 6 nitrogen and oxygen atoms in total. The predicted octanol–water partition coefficient (Wildman–Crippen LogP) is 5.06. The number of nitrogens with zero attached hydrogens (tertiary/aromatic N) is 4. The van der Waals surface area contributed by atoms with Crippen molar-refractivity contribution in [1.82, 2.24) is 24.8 Å². The fraction of sp³-hybridized carbons (Fsp3) is 0.200. The van der Waals surface area contributed by atoms with Crippen molar-refractivity contribution in [3.8, 4) is 5.69 Å². The fourth-order valence-electron chi connectivity index (χ4n) is 3.47. The molecular weight excluding hydrogens is 418 g/mol. The van der Waals surface area contributed by atoms with E-state index in [0.717, 1.165) is 33.4 Å². The first-order chi connectivity index (χ1) is 15.5. The van der Waals surface area contributed by atoms with Crippen LogP contribution in [-0.2, 0) is 5.75 Å². The van der Waals surface area contributed by atoms with Crippen LogP contribution in [0.4, 0.5) is 0 Å². The van der Waals surface area contributed by atoms with Crippen LogP contribution in [0.2, 0.25) is 0 Å². The van der Waals surface area contributed by atoms with Crippen molar-refractivity contribution in [2.45, 2.75) is 37.7 Å². The lowest BCUT2D eigenvalue weighted by Gasteiger charge is -2.16. The second-order valence-electron chi connectivity index (χ2n) is 7.64. The molecule has 4 aromatic rings. The summed E-state index contributed by atoms with van der Waals surface area (Å²) in [5, 5.41) is 3.85. The van der Waals surface area contributed by atoms with Crippen molar-refractivity contribution in [3.63, 3.8) is 0 Å². The molecule has 0 aliphatic heterocycles. The van der Waals surface area contributed by atoms with Crippen molar-refractivity contribution < 1.29 is 4.79 Å². The molecule has 2 aromatic carbocycles. The maximum atomic E-state index is 13.1. The highest BCUT2D eigenvalue weighted by atomic mass is 32.2. The summed E-state index contributed by atoms with van der Waals surface area (Å²) in [4.78, 5) is 26.1. The van der Waals surface area contributed by atoms with Gasteiger partial charge in [-0.25, -0.2) is 15.0 Å². The molecule has 0 fully saturated rings. The van der Waals surface area contributed by atoms with Crippen LogP contribution in [0.5, 0.6) is 0 Å². The summed E-state index contributed by atoms with van der Waals surface area (Å²) >= 11 is 1.54. The number of amides is 1. The van der Waals surface area contributed by atoms with E-state index < -0.39 is 0 Å². The zero-order valence-corrected chi connectivity index (χ0v) is 19.1. The number of carbonyl (C=O) groups excluding carboxylic acids is 1. The molecule has 0 spiro atoms. The Kier molecular flexibility index (Phi) is 6.66. The first kappa shape index (κ1) is 21.8. The zero-order chi connectivity index (χ0) is 22.5. The van der Waals surface area contributed by atoms with Gasteiger partial charge in [0, 0.05) is 40.8 Å². The average Bonchev–Trinajstić information content (AvgIpc) is 3.32. The monoisotopic (exact) mass is 443 g/mol. The maximum Gasteiger partial charge on any atom is 0.252 e. The van der Waals surface area contributed by atoms with Crippen molar-refractivity contribution >= 4 is 17.7 Å². The lowest BCUT2D eigenvalue weighted by molar-refractivity contribution is 0.0939. The van der Waals surface area contributed by atoms with Crippen LogP contribution in [0.3, 0.4) is 0 Å². The topological polar surface area (TPSA) is 72.7 Å². The van der Waals surface area contributed by atoms with Gasteiger partial charge >= 0.3 is 0 Å². The Hall–Kier alpha value is -3.45. The van der Waals surface area contributed by atoms with Crippen molar-refractivity contribution in [2.75, 3.05) is 0 Å². The Morgan fingerprint density at radius 3 is 2.47 bits per heavy atom. The van der Waals surface area contributed by atoms with Gasteiger partial charge in [-0.05, 0) is 56.2 Å². The van der Waals surface area contributed by atoms with E-state index in [9.17, 15) is 4.79 Å². The van der Waals surface area contributed by atoms with Gasteiger partial charge < -0.3 is 9.88 Å². The van der Waals surface area contributed by atoms with Crippen LogP contribution in [0, 0.1) is 13.8 Å². The minimum atomic E-state index is -0.122. The Balaban J connectivity index is 1.44. The molecule has 0 radical (unpaired) electrons. The molecule has 2 heterocycles. The summed E-state index contributed by atoms with van der Waals surface area (Å²) < 4.78 is 1.94. The number of benzene rings is 2. The third-order valence-electron chi connectivity index (χ3n) is 5.12. The molecule has 162 valence electrons. The van der Waals surface area contributed by atoms with Gasteiger partial charge in [-0.1, -0.05) is 42.1 Å². The molecule has 0 bridgehead atoms. The Labute approximate surface area is 192 Å². The van der Waals surface area contributed by atoms with Crippen LogP contribution >= 0.6 is 11.8 Å². The van der Waals surface area contributed by atoms with Crippen molar-refractivity contribution in [1.29, 1.82) is 0 Å². The Bertz CT molecular complexity index is 1190. The first-order valence-electron chi connectivity index (χ1n) is 10.4. The molecule has 2 aromatic heterocycles. The molecule has 1 amide bonds. The van der Waals surface area contributed by atoms with Crippen LogP contribution < -0.4 is 5.32 Å². The third-order valence-corrected chi connectivity index (χ3v) is 6.02. The Morgan fingerprint density at radius 2 is 1.78 bits per heavy atom. The second kappa shape index (κ2) is 9.78. The molecule has 0 aliphatic rings. The average molecular weight is 444 g/mol. The minimum absolute atomic E-state index is 0.0891. The lowest BCUT2D eigenvalue weighted by Crippen LogP contribution is -2.27. The van der Waals surface area contributed by atoms with Crippen molar-refractivity contribution in [3.05, 3.63) is 101 Å². The SMILES string of the molecule is Cc1cc(C)nc(SCc2ccccc2C(=O)N[C@H](C)c2ccc(-n3ccnc3)cc2)n1. The summed E-state index contributed by atoms with van der Waals surface area (Å²) in [6.07, 6.45) is 5.41. The second-order valence-corrected chi connectivity index (χ2v) is 8.58. The number of hydrogen-bond donors (Lipinski definition) is 1. The molecule has 1 atom stereocenters. The molecule has 7 heteroatoms. The van der Waals surface area contributed by atoms with Gasteiger partial charge in [0.1, 0.15) is 0 Å². The maximum absolute atomic E-state index is 13.1. The van der Waals surface area contributed by atoms with E-state index in [1.54, 1.807) is 12.5 Å². The molecule has 0 aliphatic carbocycles. The van der Waals surface area contributed by atoms with Crippen molar-refractivity contribution in [2.24, 2.45) is 0 Å². The lowest BCUT2D eigenvalue weighted by atomic mass is 10.1. The molecule has 0 saturated heterocycles. The number of thioether (sulfide) groups is 1. The van der Waals surface area contributed by atoms with Gasteiger partial charge in [-0.15, -0.1) is 0 Å². The van der Waals surface area contributed by atoms with E-state index in [0.29, 0.717) is 11.3 Å². The number of rotatable bonds is 7. The van der Waals surface area contributed by atoms with Crippen LogP contribution in [0.15, 0.2) is 78.5 Å². The van der Waals surface area contributed by atoms with E-state index in [2.05, 4.69) is 20.3 Å². The normalized spacial score (nSPS) is 11.8. The van der Waals surface area contributed by atoms with E-state index in [4.69, 9.17) is 0 Å². The van der Waals surface area contributed by atoms with Gasteiger partial charge in [0.15, 0.2) is 5.16 Å². The van der Waals surface area contributed by atoms with E-state index in [-0.39, 0.29) is 11.9 Å². The largest absolute Gasteiger partial charge is 0.346 e. The molecule has 0 saturated carbocycles. The predicted molar refractivity (Wildman–Crippen MR) is 127 cm³/mol. The Morgan fingerprint density at radius 1 is 1.06 bits per heavy atom. The van der Waals surface area contributed by atoms with Gasteiger partial charge in [0.25, 0.3) is 5.91 Å². The highest BCUT2D eigenvalue weighted by Crippen LogP contribution is 2.23. The highest BCUT2D eigenvalue weighted by molar-refractivity contribution is 7.98. The first-order valence-corrected chi connectivity index (χ1v) is 11.4. The standard InChI is InChI=1S/C25H25N5OS/c1-17-14-18(2)28-25(27-17)32-15-21-6-4-5-7-23(21)24(31)29-19(3)20-8-10-22(11-9-20)30-13-12-26-16-30/h4-14,16,19H,15H2,1-3H3,(H,29,31)/t19-/m1/s1. The highest BCUT2D eigenvalue weighted by Gasteiger charge is 2.15. The summed E-state index contributed by atoms with van der Waals surface area (Å²) in [5.41, 5.74) is 5.59. The number of aromatic nitrogens is 4. The summed E-state index contributed by atoms with van der Waals surface area (Å²) in [7, 11) is 0. The number of carbonyl (C=O) groups is 1. The van der Waals surface area contributed by atoms with E-state index in [1.807, 2.05) is 86.1 Å². The van der Waals surface area contributed by atoms with Gasteiger partial charge in [-0.3, -0.25) is 4.79 Å². The fourth-order valence-corrected chi connectivity index (χ4v) is 4.43. The summed E-state index contributed by atoms with van der Waals surface area (Å²) in [6, 6.07) is 17.6. The number of hydrogen-bond acceptors (Lipinski definition) is 5. The van der Waals surface area contributed by atoms with Crippen LogP contribution in [-0.4, -0.2) is 25.4 Å². The smallest absolute Gasteiger partial charge is 0.252 e. The minimum Gasteiger partial charge on any atom is -0.346 e. The van der Waals surface area contributed by atoms with Gasteiger partial charge in [0.2, 0.25) is 0 Å². The zero-order valence-electron chi connectivity index (χ0n) is 18.3. The van der Waals surface area contributed by atoms with Gasteiger partial charge in [0.05, 0.1) is 12.4 Å². The summed E-state index contributed by atoms with van der Waals surface area (Å²) in [6.45, 7) is 5.91. The third kappa shape index (κ3) is 5.23. The number of imidazole rings is 1. The van der Waals surface area contributed by atoms with E-state index in [1.165, 1.54) is 11.8 Å². The molecule has 32 heavy (non-hydrogen) atoms. The molecule has 4 rings (SSSR count). The molecule has 0 unspecified atom stereocenters. The van der Waals surface area contributed by atoms with E-state index >= 15 is 0 Å².